The number of rotatable bonds is 2. The van der Waals surface area contributed by atoms with Gasteiger partial charge in [0.25, 0.3) is 0 Å². The third-order valence-electron chi connectivity index (χ3n) is 20.1. The summed E-state index contributed by atoms with van der Waals surface area (Å²) < 4.78 is 0. The normalized spacial score (nSPS) is 21.3. The van der Waals surface area contributed by atoms with Crippen molar-refractivity contribution in [3.63, 3.8) is 0 Å². The molecule has 4 heterocycles. The van der Waals surface area contributed by atoms with Crippen LogP contribution in [0.3, 0.4) is 0 Å². The predicted molar refractivity (Wildman–Crippen MR) is 303 cm³/mol. The van der Waals surface area contributed by atoms with E-state index in [2.05, 4.69) is 231 Å². The molecule has 0 saturated heterocycles. The van der Waals surface area contributed by atoms with Crippen molar-refractivity contribution >= 4 is 46.2 Å². The second-order valence-electron chi connectivity index (χ2n) is 25.9. The third kappa shape index (κ3) is 4.95. The first-order valence-corrected chi connectivity index (χ1v) is 27.1. The van der Waals surface area contributed by atoms with Crippen LogP contribution in [0.1, 0.15) is 160 Å². The number of nitrogens with zero attached hydrogens (tertiary/aromatic N) is 2. The molecular weight excluding hydrogens is 868 g/mol. The number of hydrogen-bond acceptors (Lipinski definition) is 2. The van der Waals surface area contributed by atoms with Gasteiger partial charge < -0.3 is 9.71 Å². The van der Waals surface area contributed by atoms with E-state index in [1.54, 1.807) is 27.8 Å². The van der Waals surface area contributed by atoms with Gasteiger partial charge in [-0.3, -0.25) is 0 Å². The molecule has 354 valence electrons. The van der Waals surface area contributed by atoms with Crippen molar-refractivity contribution in [1.82, 2.24) is 0 Å². The first-order chi connectivity index (χ1) is 34.4. The molecule has 72 heavy (non-hydrogen) atoms. The molecule has 0 amide bonds. The van der Waals surface area contributed by atoms with Gasteiger partial charge in [-0.05, 0) is 186 Å². The number of para-hydroxylation sites is 2. The van der Waals surface area contributed by atoms with Crippen LogP contribution in [0, 0.1) is 13.8 Å². The van der Waals surface area contributed by atoms with Crippen LogP contribution in [-0.4, -0.2) is 6.85 Å². The Labute approximate surface area is 428 Å². The minimum Gasteiger partial charge on any atom is -0.376 e. The highest BCUT2D eigenvalue weighted by Crippen LogP contribution is 2.69. The quantitative estimate of drug-likeness (QED) is 0.159. The van der Waals surface area contributed by atoms with Gasteiger partial charge in [0, 0.05) is 33.7 Å². The molecular formula is C69H65BN2. The molecule has 0 saturated carbocycles. The molecule has 1 atom stereocenters. The van der Waals surface area contributed by atoms with Gasteiger partial charge in [-0.1, -0.05) is 183 Å². The van der Waals surface area contributed by atoms with E-state index in [1.165, 1.54) is 132 Å². The SMILES string of the molecule is Cc1cc2c3c(c1)N1c4c(ccc5c4C(C)(c4cc6c(cc4-5)C(C)(C)CCC6(C)C)c4c1c(C)cc1c4C(C)(C)CCC1(C)C)B3N1c3ccccc3C(c3ccccc3)(c3ccccc3)c3cccc-2c31. The van der Waals surface area contributed by atoms with Crippen LogP contribution in [0.4, 0.5) is 28.4 Å². The lowest BCUT2D eigenvalue weighted by Crippen LogP contribution is -2.64. The van der Waals surface area contributed by atoms with Crippen molar-refractivity contribution in [2.24, 2.45) is 0 Å². The number of fused-ring (bicyclic) bond motifs is 15. The van der Waals surface area contributed by atoms with Crippen molar-refractivity contribution in [3.05, 3.63) is 218 Å². The standard InChI is InChI=1S/C69H65BN2/c1-40-35-47-45-25-20-27-49-62(45)72(55-28-19-18-26-48(55)69(49,42-21-14-12-15-22-42)43-23-16-13-17-24-43)70-54-30-29-44-46-38-51-52(65(5,6)32-31-64(51,3)4)39-50(46)68(11)57(44)63(54)71(56(36-40)60(47)70)61-41(2)37-53-58(59(61)68)67(9,10)34-33-66(53,7)8/h12-30,35-39H,31-34H2,1-11H3. The molecule has 8 aromatic rings. The van der Waals surface area contributed by atoms with Crippen molar-refractivity contribution < 1.29 is 0 Å². The van der Waals surface area contributed by atoms with E-state index in [0.29, 0.717) is 0 Å². The fourth-order valence-corrected chi connectivity index (χ4v) is 16.4. The van der Waals surface area contributed by atoms with Gasteiger partial charge in [-0.25, -0.2) is 0 Å². The Bertz CT molecular complexity index is 3720. The van der Waals surface area contributed by atoms with Crippen LogP contribution in [0.2, 0.25) is 0 Å². The fraction of sp³-hybridized carbons (Fsp3) is 0.304. The monoisotopic (exact) mass is 933 g/mol. The molecule has 7 aliphatic rings. The van der Waals surface area contributed by atoms with E-state index in [4.69, 9.17) is 0 Å². The van der Waals surface area contributed by atoms with Gasteiger partial charge in [0.2, 0.25) is 0 Å². The first-order valence-electron chi connectivity index (χ1n) is 27.1. The zero-order valence-corrected chi connectivity index (χ0v) is 44.2. The molecule has 8 aromatic carbocycles. The van der Waals surface area contributed by atoms with Crippen LogP contribution in [0.25, 0.3) is 22.3 Å². The maximum absolute atomic E-state index is 2.84. The zero-order chi connectivity index (χ0) is 49.4. The van der Waals surface area contributed by atoms with Crippen LogP contribution >= 0.6 is 0 Å². The minimum absolute atomic E-state index is 0.0135. The number of aryl methyl sites for hydroxylation is 2. The molecule has 2 nitrogen and oxygen atoms in total. The second-order valence-corrected chi connectivity index (χ2v) is 25.9. The predicted octanol–water partition coefficient (Wildman–Crippen LogP) is 16.1. The van der Waals surface area contributed by atoms with Gasteiger partial charge in [-0.2, -0.15) is 0 Å². The van der Waals surface area contributed by atoms with Crippen molar-refractivity contribution in [1.29, 1.82) is 0 Å². The fourth-order valence-electron chi connectivity index (χ4n) is 16.4. The lowest BCUT2D eigenvalue weighted by Gasteiger charge is -2.55. The van der Waals surface area contributed by atoms with Crippen molar-refractivity contribution in [2.45, 2.75) is 134 Å². The van der Waals surface area contributed by atoms with E-state index in [0.717, 1.165) is 0 Å². The largest absolute Gasteiger partial charge is 0.376 e. The van der Waals surface area contributed by atoms with E-state index in [9.17, 15) is 0 Å². The third-order valence-corrected chi connectivity index (χ3v) is 20.1. The first kappa shape index (κ1) is 43.0. The van der Waals surface area contributed by atoms with Gasteiger partial charge in [0.05, 0.1) is 11.1 Å². The van der Waals surface area contributed by atoms with Crippen LogP contribution in [0.15, 0.2) is 146 Å². The second kappa shape index (κ2) is 13.5. The average Bonchev–Trinajstić information content (AvgIpc) is 3.66. The molecule has 0 bridgehead atoms. The summed E-state index contributed by atoms with van der Waals surface area (Å²) in [4.78, 5) is 5.65. The average molecular weight is 933 g/mol. The molecule has 1 unspecified atom stereocenters. The molecule has 3 aliphatic carbocycles. The summed E-state index contributed by atoms with van der Waals surface area (Å²) in [6.45, 7) is 27.6. The topological polar surface area (TPSA) is 6.48 Å². The molecule has 0 aromatic heterocycles. The molecule has 3 heteroatoms. The Kier molecular flexibility index (Phi) is 8.09. The zero-order valence-electron chi connectivity index (χ0n) is 44.2. The maximum atomic E-state index is 2.84. The van der Waals surface area contributed by atoms with Crippen LogP contribution < -0.4 is 20.6 Å². The van der Waals surface area contributed by atoms with E-state index in [-0.39, 0.29) is 28.5 Å². The van der Waals surface area contributed by atoms with Gasteiger partial charge in [-0.15, -0.1) is 0 Å². The molecule has 0 spiro atoms. The summed E-state index contributed by atoms with van der Waals surface area (Å²) in [5.41, 5.74) is 33.1. The Hall–Kier alpha value is -6.58. The molecule has 0 fully saturated rings. The smallest absolute Gasteiger partial charge is 0.333 e. The van der Waals surface area contributed by atoms with E-state index >= 15 is 0 Å². The summed E-state index contributed by atoms with van der Waals surface area (Å²) in [6.07, 6.45) is 4.75. The van der Waals surface area contributed by atoms with E-state index in [1.807, 2.05) is 0 Å². The Morgan fingerprint density at radius 3 is 1.71 bits per heavy atom. The summed E-state index contributed by atoms with van der Waals surface area (Å²) >= 11 is 0. The highest BCUT2D eigenvalue weighted by Gasteiger charge is 2.60. The van der Waals surface area contributed by atoms with Crippen molar-refractivity contribution in [3.8, 4) is 22.3 Å². The van der Waals surface area contributed by atoms with Gasteiger partial charge >= 0.3 is 6.85 Å². The summed E-state index contributed by atoms with van der Waals surface area (Å²) in [5.74, 6) is 0. The molecule has 0 N–H and O–H groups in total. The lowest BCUT2D eigenvalue weighted by molar-refractivity contribution is 0.326. The van der Waals surface area contributed by atoms with E-state index < -0.39 is 10.8 Å². The molecule has 15 rings (SSSR count). The van der Waals surface area contributed by atoms with Gasteiger partial charge in [0.1, 0.15) is 0 Å². The number of benzene rings is 8. The van der Waals surface area contributed by atoms with Gasteiger partial charge in [0.15, 0.2) is 0 Å². The summed E-state index contributed by atoms with van der Waals surface area (Å²) in [6, 6.07) is 57.7. The number of anilines is 5. The lowest BCUT2D eigenvalue weighted by atomic mass is 9.41. The van der Waals surface area contributed by atoms with Crippen molar-refractivity contribution in [2.75, 3.05) is 9.71 Å². The maximum Gasteiger partial charge on any atom is 0.333 e. The minimum atomic E-state index is -0.547. The van der Waals surface area contributed by atoms with Crippen LogP contribution in [0.5, 0.6) is 0 Å². The Morgan fingerprint density at radius 2 is 1.01 bits per heavy atom. The molecule has 0 radical (unpaired) electrons. The summed E-state index contributed by atoms with van der Waals surface area (Å²) in [7, 11) is 0. The Morgan fingerprint density at radius 1 is 0.403 bits per heavy atom. The number of hydrogen-bond donors (Lipinski definition) is 0. The highest BCUT2D eigenvalue weighted by molar-refractivity contribution is 6.94. The highest BCUT2D eigenvalue weighted by atomic mass is 15.2. The molecule has 4 aliphatic heterocycles. The summed E-state index contributed by atoms with van der Waals surface area (Å²) in [5, 5.41) is 0. The Balaban J connectivity index is 1.11. The van der Waals surface area contributed by atoms with Crippen LogP contribution in [-0.2, 0) is 32.5 Å².